The lowest BCUT2D eigenvalue weighted by molar-refractivity contribution is -0.129. The number of anilines is 1. The summed E-state index contributed by atoms with van der Waals surface area (Å²) in [4.78, 5) is 11.7. The zero-order valence-corrected chi connectivity index (χ0v) is 9.71. The van der Waals surface area contributed by atoms with Crippen molar-refractivity contribution in [2.45, 2.75) is 19.4 Å². The maximum absolute atomic E-state index is 11.7. The molecule has 17 heavy (non-hydrogen) atoms. The fourth-order valence-corrected chi connectivity index (χ4v) is 1.93. The number of carbonyl (C=O) groups is 1. The molecule has 1 aromatic rings. The number of phenols is 1. The molecular formula is C12H16N2O3. The molecule has 1 fully saturated rings. The predicted octanol–water partition coefficient (Wildman–Crippen LogP) is 0.727. The molecule has 1 unspecified atom stereocenters. The second kappa shape index (κ2) is 4.63. The number of amides is 1. The van der Waals surface area contributed by atoms with Crippen LogP contribution in [-0.2, 0) is 4.79 Å². The van der Waals surface area contributed by atoms with Crippen LogP contribution in [0, 0.1) is 0 Å². The lowest BCUT2D eigenvalue weighted by Gasteiger charge is -2.30. The Labute approximate surface area is 99.9 Å². The third kappa shape index (κ3) is 2.50. The molecule has 0 aromatic heterocycles. The van der Waals surface area contributed by atoms with Crippen molar-refractivity contribution in [1.29, 1.82) is 0 Å². The SMILES string of the molecule is CC(O)CN1C(=O)CCN1c1ccc(O)cc1. The van der Waals surface area contributed by atoms with Crippen LogP contribution in [0.25, 0.3) is 0 Å². The van der Waals surface area contributed by atoms with E-state index in [1.165, 1.54) is 0 Å². The minimum atomic E-state index is -0.559. The van der Waals surface area contributed by atoms with Crippen LogP contribution in [0.15, 0.2) is 24.3 Å². The molecule has 1 aromatic carbocycles. The van der Waals surface area contributed by atoms with Crippen LogP contribution >= 0.6 is 0 Å². The van der Waals surface area contributed by atoms with E-state index in [1.54, 1.807) is 36.2 Å². The molecule has 2 N–H and O–H groups in total. The topological polar surface area (TPSA) is 64.0 Å². The molecule has 5 nitrogen and oxygen atoms in total. The van der Waals surface area contributed by atoms with Gasteiger partial charge in [-0.05, 0) is 31.2 Å². The van der Waals surface area contributed by atoms with Gasteiger partial charge in [0.15, 0.2) is 0 Å². The van der Waals surface area contributed by atoms with Crippen LogP contribution < -0.4 is 5.01 Å². The highest BCUT2D eigenvalue weighted by molar-refractivity contribution is 5.81. The van der Waals surface area contributed by atoms with Crippen molar-refractivity contribution in [2.75, 3.05) is 18.1 Å². The van der Waals surface area contributed by atoms with E-state index in [0.29, 0.717) is 19.5 Å². The molecule has 0 radical (unpaired) electrons. The maximum atomic E-state index is 11.7. The summed E-state index contributed by atoms with van der Waals surface area (Å²) in [7, 11) is 0. The first-order valence-electron chi connectivity index (χ1n) is 5.63. The fraction of sp³-hybridized carbons (Fsp3) is 0.417. The number of phenolic OH excluding ortho intramolecular Hbond substituents is 1. The summed E-state index contributed by atoms with van der Waals surface area (Å²) in [5, 5.41) is 22.0. The molecule has 92 valence electrons. The van der Waals surface area contributed by atoms with Gasteiger partial charge in [-0.2, -0.15) is 0 Å². The standard InChI is InChI=1S/C12H16N2O3/c1-9(15)8-14-12(17)6-7-13(14)10-2-4-11(16)5-3-10/h2-5,9,15-16H,6-8H2,1H3. The van der Waals surface area contributed by atoms with Crippen molar-refractivity contribution in [3.63, 3.8) is 0 Å². The summed E-state index contributed by atoms with van der Waals surface area (Å²) >= 11 is 0. The third-order valence-electron chi connectivity index (χ3n) is 2.70. The van der Waals surface area contributed by atoms with Gasteiger partial charge in [0, 0.05) is 13.0 Å². The molecule has 0 bridgehead atoms. The smallest absolute Gasteiger partial charge is 0.243 e. The van der Waals surface area contributed by atoms with E-state index in [0.717, 1.165) is 5.69 Å². The number of aromatic hydroxyl groups is 1. The van der Waals surface area contributed by atoms with E-state index in [4.69, 9.17) is 0 Å². The monoisotopic (exact) mass is 236 g/mol. The van der Waals surface area contributed by atoms with Gasteiger partial charge in [-0.15, -0.1) is 0 Å². The van der Waals surface area contributed by atoms with Crippen molar-refractivity contribution >= 4 is 11.6 Å². The predicted molar refractivity (Wildman–Crippen MR) is 63.5 cm³/mol. The van der Waals surface area contributed by atoms with E-state index in [1.807, 2.05) is 5.01 Å². The number of carbonyl (C=O) groups excluding carboxylic acids is 1. The van der Waals surface area contributed by atoms with Gasteiger partial charge in [0.05, 0.1) is 18.3 Å². The lowest BCUT2D eigenvalue weighted by atomic mass is 10.3. The Morgan fingerprint density at radius 2 is 2.00 bits per heavy atom. The van der Waals surface area contributed by atoms with Crippen LogP contribution in [0.5, 0.6) is 5.75 Å². The number of hydrogen-bond donors (Lipinski definition) is 2. The Morgan fingerprint density at radius 3 is 2.59 bits per heavy atom. The zero-order valence-electron chi connectivity index (χ0n) is 9.71. The van der Waals surface area contributed by atoms with Crippen LogP contribution in [0.3, 0.4) is 0 Å². The molecule has 0 spiro atoms. The zero-order chi connectivity index (χ0) is 12.4. The Hall–Kier alpha value is -1.75. The summed E-state index contributed by atoms with van der Waals surface area (Å²) in [6, 6.07) is 6.67. The molecule has 1 aliphatic rings. The normalized spacial score (nSPS) is 17.6. The quantitative estimate of drug-likeness (QED) is 0.812. The average Bonchev–Trinajstić information content (AvgIpc) is 2.61. The number of aliphatic hydroxyl groups excluding tert-OH is 1. The lowest BCUT2D eigenvalue weighted by Crippen LogP contribution is -2.43. The molecule has 1 amide bonds. The van der Waals surface area contributed by atoms with Gasteiger partial charge in [-0.25, -0.2) is 0 Å². The largest absolute Gasteiger partial charge is 0.508 e. The van der Waals surface area contributed by atoms with Crippen LogP contribution in [0.1, 0.15) is 13.3 Å². The summed E-state index contributed by atoms with van der Waals surface area (Å²) in [5.74, 6) is 0.209. The number of hydrazine groups is 1. The maximum Gasteiger partial charge on any atom is 0.243 e. The van der Waals surface area contributed by atoms with E-state index >= 15 is 0 Å². The van der Waals surface area contributed by atoms with Gasteiger partial charge in [0.25, 0.3) is 0 Å². The van der Waals surface area contributed by atoms with Crippen LogP contribution in [0.2, 0.25) is 0 Å². The molecule has 1 heterocycles. The molecular weight excluding hydrogens is 220 g/mol. The Morgan fingerprint density at radius 1 is 1.35 bits per heavy atom. The molecule has 1 saturated heterocycles. The molecule has 2 rings (SSSR count). The first kappa shape index (κ1) is 11.7. The van der Waals surface area contributed by atoms with Crippen molar-refractivity contribution in [3.8, 4) is 5.75 Å². The minimum absolute atomic E-state index is 0.0129. The molecule has 0 aliphatic carbocycles. The Balaban J connectivity index is 2.19. The van der Waals surface area contributed by atoms with Gasteiger partial charge < -0.3 is 10.2 Å². The molecule has 1 atom stereocenters. The highest BCUT2D eigenvalue weighted by Gasteiger charge is 2.29. The fourth-order valence-electron chi connectivity index (χ4n) is 1.93. The molecule has 5 heteroatoms. The second-order valence-electron chi connectivity index (χ2n) is 4.21. The number of nitrogens with zero attached hydrogens (tertiary/aromatic N) is 2. The average molecular weight is 236 g/mol. The number of rotatable bonds is 3. The first-order chi connectivity index (χ1) is 8.08. The van der Waals surface area contributed by atoms with Crippen molar-refractivity contribution in [3.05, 3.63) is 24.3 Å². The van der Waals surface area contributed by atoms with Gasteiger partial charge in [-0.3, -0.25) is 14.8 Å². The highest BCUT2D eigenvalue weighted by atomic mass is 16.3. The second-order valence-corrected chi connectivity index (χ2v) is 4.21. The van der Waals surface area contributed by atoms with Gasteiger partial charge in [0.2, 0.25) is 5.91 Å². The van der Waals surface area contributed by atoms with Crippen molar-refractivity contribution < 1.29 is 15.0 Å². The van der Waals surface area contributed by atoms with Crippen LogP contribution in [-0.4, -0.2) is 40.3 Å². The number of hydrogen-bond acceptors (Lipinski definition) is 4. The van der Waals surface area contributed by atoms with E-state index < -0.39 is 6.10 Å². The van der Waals surface area contributed by atoms with Crippen LogP contribution in [0.4, 0.5) is 5.69 Å². The summed E-state index contributed by atoms with van der Waals surface area (Å²) in [6.45, 7) is 2.55. The van der Waals surface area contributed by atoms with Crippen molar-refractivity contribution in [1.82, 2.24) is 5.01 Å². The Bertz CT molecular complexity index is 403. The first-order valence-corrected chi connectivity index (χ1v) is 5.63. The van der Waals surface area contributed by atoms with E-state index in [-0.39, 0.29) is 11.7 Å². The highest BCUT2D eigenvalue weighted by Crippen LogP contribution is 2.24. The molecule has 0 saturated carbocycles. The van der Waals surface area contributed by atoms with E-state index in [9.17, 15) is 15.0 Å². The molecule has 1 aliphatic heterocycles. The Kier molecular flexibility index (Phi) is 3.19. The van der Waals surface area contributed by atoms with Gasteiger partial charge >= 0.3 is 0 Å². The van der Waals surface area contributed by atoms with Crippen molar-refractivity contribution in [2.24, 2.45) is 0 Å². The van der Waals surface area contributed by atoms with Gasteiger partial charge in [0.1, 0.15) is 5.75 Å². The number of β-amino-alcohol motifs (C(OH)–C–C–N with tert-alkyl or cyclic N) is 1. The number of aliphatic hydroxyl groups is 1. The summed E-state index contributed by atoms with van der Waals surface area (Å²) in [5.41, 5.74) is 0.842. The minimum Gasteiger partial charge on any atom is -0.508 e. The summed E-state index contributed by atoms with van der Waals surface area (Å²) in [6.07, 6.45) is -0.107. The van der Waals surface area contributed by atoms with E-state index in [2.05, 4.69) is 0 Å². The third-order valence-corrected chi connectivity index (χ3v) is 2.70. The number of benzene rings is 1. The van der Waals surface area contributed by atoms with Gasteiger partial charge in [-0.1, -0.05) is 0 Å². The summed E-state index contributed by atoms with van der Waals surface area (Å²) < 4.78 is 0.